The molecule has 0 fully saturated rings. The number of aromatic nitrogens is 1. The molecule has 0 bridgehead atoms. The Labute approximate surface area is 147 Å². The topological polar surface area (TPSA) is 104 Å². The highest BCUT2D eigenvalue weighted by Gasteiger charge is 2.16. The minimum atomic E-state index is -0.744. The van der Waals surface area contributed by atoms with Crippen molar-refractivity contribution in [1.82, 2.24) is 4.57 Å². The zero-order valence-electron chi connectivity index (χ0n) is 13.8. The molecule has 0 atom stereocenters. The van der Waals surface area contributed by atoms with E-state index in [0.717, 1.165) is 11.3 Å². The molecule has 1 heterocycles. The van der Waals surface area contributed by atoms with Crippen LogP contribution < -0.4 is 20.1 Å². The number of hydrogen-bond acceptors (Lipinski definition) is 7. The summed E-state index contributed by atoms with van der Waals surface area (Å²) in [6, 6.07) is 8.18. The zero-order valence-corrected chi connectivity index (χ0v) is 14.6. The van der Waals surface area contributed by atoms with Crippen LogP contribution in [0.25, 0.3) is 11.8 Å². The second-order valence-corrected chi connectivity index (χ2v) is 5.89. The van der Waals surface area contributed by atoms with Crippen molar-refractivity contribution in [3.8, 4) is 11.8 Å². The quantitative estimate of drug-likeness (QED) is 0.602. The van der Waals surface area contributed by atoms with E-state index >= 15 is 0 Å². The highest BCUT2D eigenvalue weighted by atomic mass is 32.1. The second-order valence-electron chi connectivity index (χ2n) is 4.86. The van der Waals surface area contributed by atoms with Crippen molar-refractivity contribution in [3.63, 3.8) is 0 Å². The molecule has 2 N–H and O–H groups in total. The summed E-state index contributed by atoms with van der Waals surface area (Å²) in [5.74, 6) is -0.605. The third kappa shape index (κ3) is 4.08. The molecule has 0 radical (unpaired) electrons. The number of phenolic OH excluding ortho intramolecular Hbond substituents is 1. The maximum Gasteiger partial charge on any atom is 0.351 e. The second kappa shape index (κ2) is 8.17. The van der Waals surface area contributed by atoms with E-state index in [1.54, 1.807) is 26.0 Å². The highest BCUT2D eigenvalue weighted by molar-refractivity contribution is 7.07. The van der Waals surface area contributed by atoms with Gasteiger partial charge in [0.2, 0.25) is 0 Å². The van der Waals surface area contributed by atoms with Crippen molar-refractivity contribution in [2.24, 2.45) is 0 Å². The summed E-state index contributed by atoms with van der Waals surface area (Å²) in [6.45, 7) is 3.87. The maximum absolute atomic E-state index is 12.5. The van der Waals surface area contributed by atoms with Gasteiger partial charge in [-0.2, -0.15) is 5.26 Å². The summed E-state index contributed by atoms with van der Waals surface area (Å²) < 4.78 is 6.87. The van der Waals surface area contributed by atoms with Crippen LogP contribution in [0, 0.1) is 11.3 Å². The number of hydrogen-bond donors (Lipinski definition) is 2. The van der Waals surface area contributed by atoms with Crippen LogP contribution >= 0.6 is 11.3 Å². The number of carbonyl (C=O) groups is 1. The lowest BCUT2D eigenvalue weighted by Crippen LogP contribution is -2.32. The van der Waals surface area contributed by atoms with Crippen molar-refractivity contribution in [1.29, 1.82) is 5.26 Å². The summed E-state index contributed by atoms with van der Waals surface area (Å²) in [6.07, 6.45) is 1.51. The van der Waals surface area contributed by atoms with Crippen LogP contribution in [0.2, 0.25) is 0 Å². The minimum Gasteiger partial charge on any atom is -0.508 e. The third-order valence-electron chi connectivity index (χ3n) is 3.27. The summed E-state index contributed by atoms with van der Waals surface area (Å²) in [5.41, 5.74) is 0.200. The van der Waals surface area contributed by atoms with Crippen LogP contribution in [-0.2, 0) is 16.1 Å². The molecule has 0 aliphatic rings. The molecule has 8 heteroatoms. The van der Waals surface area contributed by atoms with Crippen LogP contribution in [0.5, 0.6) is 5.75 Å². The van der Waals surface area contributed by atoms with Gasteiger partial charge in [0.25, 0.3) is 5.56 Å². The fraction of sp³-hybridized carbons (Fsp3) is 0.235. The Morgan fingerprint density at radius 3 is 2.64 bits per heavy atom. The van der Waals surface area contributed by atoms with Gasteiger partial charge in [-0.15, -0.1) is 11.3 Å². The van der Waals surface area contributed by atoms with E-state index in [-0.39, 0.29) is 28.2 Å². The van der Waals surface area contributed by atoms with Gasteiger partial charge in [0.1, 0.15) is 21.0 Å². The predicted molar refractivity (Wildman–Crippen MR) is 95.4 cm³/mol. The number of benzene rings is 1. The van der Waals surface area contributed by atoms with Crippen LogP contribution in [0.4, 0.5) is 5.69 Å². The average molecular weight is 359 g/mol. The smallest absolute Gasteiger partial charge is 0.351 e. The molecule has 1 aromatic carbocycles. The molecule has 0 saturated carbocycles. The Bertz CT molecular complexity index is 981. The van der Waals surface area contributed by atoms with E-state index in [0.29, 0.717) is 16.8 Å². The van der Waals surface area contributed by atoms with Crippen LogP contribution in [0.15, 0.2) is 29.1 Å². The Kier molecular flexibility index (Phi) is 5.98. The number of rotatable bonds is 5. The molecule has 25 heavy (non-hydrogen) atoms. The van der Waals surface area contributed by atoms with Crippen molar-refractivity contribution in [2.45, 2.75) is 20.4 Å². The molecule has 0 aliphatic heterocycles. The molecule has 7 nitrogen and oxygen atoms in total. The first-order valence-electron chi connectivity index (χ1n) is 7.58. The van der Waals surface area contributed by atoms with Gasteiger partial charge in [-0.3, -0.25) is 9.36 Å². The van der Waals surface area contributed by atoms with Crippen LogP contribution in [0.3, 0.4) is 0 Å². The van der Waals surface area contributed by atoms with Gasteiger partial charge in [-0.25, -0.2) is 4.79 Å². The summed E-state index contributed by atoms with van der Waals surface area (Å²) in [5, 5.41) is 21.5. The first-order valence-corrected chi connectivity index (χ1v) is 8.40. The largest absolute Gasteiger partial charge is 0.508 e. The van der Waals surface area contributed by atoms with Gasteiger partial charge in [0, 0.05) is 18.4 Å². The fourth-order valence-corrected chi connectivity index (χ4v) is 3.16. The van der Waals surface area contributed by atoms with Gasteiger partial charge < -0.3 is 15.2 Å². The molecule has 0 amide bonds. The van der Waals surface area contributed by atoms with E-state index in [2.05, 4.69) is 5.32 Å². The molecule has 0 unspecified atom stereocenters. The van der Waals surface area contributed by atoms with Crippen molar-refractivity contribution in [3.05, 3.63) is 43.8 Å². The zero-order chi connectivity index (χ0) is 18.4. The molecule has 0 aliphatic carbocycles. The first kappa shape index (κ1) is 18.3. The average Bonchev–Trinajstić information content (AvgIpc) is 2.91. The van der Waals surface area contributed by atoms with Gasteiger partial charge >= 0.3 is 5.97 Å². The van der Waals surface area contributed by atoms with Crippen molar-refractivity contribution in [2.75, 3.05) is 11.9 Å². The molecule has 2 rings (SSSR count). The Morgan fingerprint density at radius 2 is 2.08 bits per heavy atom. The lowest BCUT2D eigenvalue weighted by molar-refractivity contribution is -0.136. The van der Waals surface area contributed by atoms with E-state index in [1.807, 2.05) is 6.07 Å². The van der Waals surface area contributed by atoms with E-state index in [1.165, 1.54) is 22.9 Å². The summed E-state index contributed by atoms with van der Waals surface area (Å²) >= 11 is 1.04. The molecule has 0 spiro atoms. The highest BCUT2D eigenvalue weighted by Crippen LogP contribution is 2.13. The van der Waals surface area contributed by atoms with Gasteiger partial charge in [-0.05, 0) is 38.1 Å². The number of nitriles is 1. The lowest BCUT2D eigenvalue weighted by Gasteiger charge is -2.00. The lowest BCUT2D eigenvalue weighted by atomic mass is 10.3. The fourth-order valence-electron chi connectivity index (χ4n) is 2.08. The Morgan fingerprint density at radius 1 is 1.40 bits per heavy atom. The van der Waals surface area contributed by atoms with Gasteiger partial charge in [0.05, 0.1) is 6.61 Å². The summed E-state index contributed by atoms with van der Waals surface area (Å²) in [7, 11) is 0. The normalized spacial score (nSPS) is 12.4. The third-order valence-corrected chi connectivity index (χ3v) is 4.40. The Balaban J connectivity index is 2.55. The number of nitrogens with one attached hydrogen (secondary N) is 1. The number of phenols is 1. The standard InChI is InChI=1S/C17H17N3O4S/c1-3-20-15(22)14(10-19-11-5-7-12(21)8-6-11)25-16(20)13(9-18)17(23)24-4-2/h5-8,10,19,21H,3-4H2,1-2H3/b14-10+,16-13-. The molecular formula is C17H17N3O4S. The number of thiazole rings is 1. The van der Waals surface area contributed by atoms with E-state index in [4.69, 9.17) is 4.74 Å². The molecule has 130 valence electrons. The number of anilines is 1. The van der Waals surface area contributed by atoms with Gasteiger partial charge in [-0.1, -0.05) is 0 Å². The number of esters is 1. The SMILES string of the molecule is CCOC(=O)/C(C#N)=c1\s/c(=C/Nc2ccc(O)cc2)c(=O)n1CC. The molecular weight excluding hydrogens is 342 g/mol. The van der Waals surface area contributed by atoms with Crippen molar-refractivity contribution < 1.29 is 14.6 Å². The number of ether oxygens (including phenoxy) is 1. The van der Waals surface area contributed by atoms with Crippen LogP contribution in [-0.4, -0.2) is 22.2 Å². The van der Waals surface area contributed by atoms with Gasteiger partial charge in [0.15, 0.2) is 5.57 Å². The minimum absolute atomic E-state index is 0.139. The molecule has 2 aromatic rings. The number of nitrogens with zero attached hydrogens (tertiary/aromatic N) is 2. The Hall–Kier alpha value is -3.05. The number of carbonyl (C=O) groups excluding carboxylic acids is 1. The monoisotopic (exact) mass is 359 g/mol. The van der Waals surface area contributed by atoms with E-state index in [9.17, 15) is 20.0 Å². The van der Waals surface area contributed by atoms with Crippen LogP contribution in [0.1, 0.15) is 13.8 Å². The molecule has 1 aromatic heterocycles. The molecule has 0 saturated heterocycles. The van der Waals surface area contributed by atoms with E-state index < -0.39 is 5.97 Å². The van der Waals surface area contributed by atoms with Crippen molar-refractivity contribution >= 4 is 34.8 Å². The number of aromatic hydroxyl groups is 1. The summed E-state index contributed by atoms with van der Waals surface area (Å²) in [4.78, 5) is 24.4. The predicted octanol–water partition coefficient (Wildman–Crippen LogP) is 0.723. The first-order chi connectivity index (χ1) is 12.0. The maximum atomic E-state index is 12.5.